The maximum atomic E-state index is 11.3. The number of ether oxygens (including phenoxy) is 1. The van der Waals surface area contributed by atoms with Crippen molar-refractivity contribution in [2.24, 2.45) is 0 Å². The van der Waals surface area contributed by atoms with Gasteiger partial charge >= 0.3 is 5.97 Å². The van der Waals surface area contributed by atoms with Crippen molar-refractivity contribution in [1.29, 1.82) is 0 Å². The molecule has 2 unspecified atom stereocenters. The fourth-order valence-electron chi connectivity index (χ4n) is 5.02. The molecule has 0 bridgehead atoms. The molecule has 0 spiro atoms. The molecule has 1 aliphatic carbocycles. The van der Waals surface area contributed by atoms with E-state index in [4.69, 9.17) is 4.74 Å². The lowest BCUT2D eigenvalue weighted by Gasteiger charge is -2.27. The molecular formula is C29H27NO2. The highest BCUT2D eigenvalue weighted by Crippen LogP contribution is 2.52. The van der Waals surface area contributed by atoms with E-state index in [-0.39, 0.29) is 0 Å². The first-order valence-electron chi connectivity index (χ1n) is 11.2. The molecule has 3 aromatic carbocycles. The van der Waals surface area contributed by atoms with E-state index in [0.717, 1.165) is 11.6 Å². The third kappa shape index (κ3) is 3.87. The first-order chi connectivity index (χ1) is 15.6. The van der Waals surface area contributed by atoms with Crippen LogP contribution in [0.2, 0.25) is 0 Å². The number of fused-ring (bicyclic) bond motifs is 3. The van der Waals surface area contributed by atoms with Gasteiger partial charge in [0.15, 0.2) is 0 Å². The van der Waals surface area contributed by atoms with Crippen molar-refractivity contribution in [3.8, 4) is 5.75 Å². The third-order valence-electron chi connectivity index (χ3n) is 6.57. The Bertz CT molecular complexity index is 1170. The average Bonchev–Trinajstić information content (AvgIpc) is 3.40. The molecule has 1 aliphatic heterocycles. The monoisotopic (exact) mass is 421 g/mol. The summed E-state index contributed by atoms with van der Waals surface area (Å²) in [4.78, 5) is 13.9. The fourth-order valence-corrected chi connectivity index (χ4v) is 5.02. The lowest BCUT2D eigenvalue weighted by atomic mass is 9.95. The van der Waals surface area contributed by atoms with Gasteiger partial charge in [-0.15, -0.1) is 0 Å². The van der Waals surface area contributed by atoms with E-state index in [1.807, 2.05) is 12.1 Å². The van der Waals surface area contributed by atoms with Crippen LogP contribution in [-0.2, 0) is 4.79 Å². The maximum Gasteiger partial charge on any atom is 0.335 e. The normalized spacial score (nSPS) is 19.1. The quantitative estimate of drug-likeness (QED) is 0.191. The van der Waals surface area contributed by atoms with E-state index in [1.54, 1.807) is 12.1 Å². The molecule has 3 heteroatoms. The summed E-state index contributed by atoms with van der Waals surface area (Å²) in [6.07, 6.45) is 9.22. The fraction of sp³-hybridized carbons (Fsp3) is 0.207. The van der Waals surface area contributed by atoms with Crippen molar-refractivity contribution >= 4 is 29.5 Å². The second-order valence-corrected chi connectivity index (χ2v) is 8.66. The van der Waals surface area contributed by atoms with Gasteiger partial charge in [-0.3, -0.25) is 0 Å². The van der Waals surface area contributed by atoms with Gasteiger partial charge in [0, 0.05) is 29.4 Å². The second kappa shape index (κ2) is 8.51. The number of carbonyl (C=O) groups is 1. The Morgan fingerprint density at radius 2 is 1.69 bits per heavy atom. The van der Waals surface area contributed by atoms with Gasteiger partial charge in [-0.2, -0.15) is 0 Å². The van der Waals surface area contributed by atoms with E-state index >= 15 is 0 Å². The molecular weight excluding hydrogens is 394 g/mol. The van der Waals surface area contributed by atoms with Crippen molar-refractivity contribution < 1.29 is 9.53 Å². The average molecular weight is 422 g/mol. The van der Waals surface area contributed by atoms with E-state index in [9.17, 15) is 4.79 Å². The number of hydrogen-bond donors (Lipinski definition) is 0. The smallest absolute Gasteiger partial charge is 0.335 e. The minimum atomic E-state index is -0.448. The Balaban J connectivity index is 1.39. The van der Waals surface area contributed by atoms with Crippen LogP contribution in [0.4, 0.5) is 11.4 Å². The van der Waals surface area contributed by atoms with Gasteiger partial charge in [-0.1, -0.05) is 61.0 Å². The molecule has 2 atom stereocenters. The van der Waals surface area contributed by atoms with Crippen molar-refractivity contribution in [2.45, 2.75) is 38.1 Å². The van der Waals surface area contributed by atoms with E-state index in [0.29, 0.717) is 17.7 Å². The summed E-state index contributed by atoms with van der Waals surface area (Å²) in [6.45, 7) is 5.56. The number of benzene rings is 3. The molecule has 5 rings (SSSR count). The van der Waals surface area contributed by atoms with Crippen molar-refractivity contribution in [3.05, 3.63) is 102 Å². The predicted octanol–water partition coefficient (Wildman–Crippen LogP) is 7.04. The minimum Gasteiger partial charge on any atom is -0.423 e. The van der Waals surface area contributed by atoms with Crippen LogP contribution in [0.1, 0.15) is 47.4 Å². The van der Waals surface area contributed by atoms with Gasteiger partial charge < -0.3 is 9.64 Å². The molecule has 3 aromatic rings. The minimum absolute atomic E-state index is 0.448. The summed E-state index contributed by atoms with van der Waals surface area (Å²) in [5, 5.41) is 0. The highest BCUT2D eigenvalue weighted by Gasteiger charge is 2.41. The highest BCUT2D eigenvalue weighted by atomic mass is 16.5. The Kier molecular flexibility index (Phi) is 5.40. The summed E-state index contributed by atoms with van der Waals surface area (Å²) in [6, 6.07) is 23.8. The van der Waals surface area contributed by atoms with Crippen molar-refractivity contribution in [3.63, 3.8) is 0 Å². The summed E-state index contributed by atoms with van der Waals surface area (Å²) in [7, 11) is 0. The van der Waals surface area contributed by atoms with Crippen LogP contribution in [0.25, 0.3) is 12.2 Å². The third-order valence-corrected chi connectivity index (χ3v) is 6.57. The lowest BCUT2D eigenvalue weighted by Crippen LogP contribution is -2.26. The molecule has 0 radical (unpaired) electrons. The number of anilines is 2. The second-order valence-electron chi connectivity index (χ2n) is 8.66. The molecule has 3 nitrogen and oxygen atoms in total. The van der Waals surface area contributed by atoms with E-state index in [1.165, 1.54) is 47.3 Å². The molecule has 160 valence electrons. The van der Waals surface area contributed by atoms with Crippen LogP contribution in [-0.4, -0.2) is 12.0 Å². The van der Waals surface area contributed by atoms with E-state index in [2.05, 4.69) is 73.0 Å². The summed E-state index contributed by atoms with van der Waals surface area (Å²) >= 11 is 0. The summed E-state index contributed by atoms with van der Waals surface area (Å²) < 4.78 is 5.14. The lowest BCUT2D eigenvalue weighted by molar-refractivity contribution is -0.128. The van der Waals surface area contributed by atoms with Crippen LogP contribution < -0.4 is 9.64 Å². The van der Waals surface area contributed by atoms with Crippen LogP contribution in [0, 0.1) is 6.92 Å². The first-order valence-corrected chi connectivity index (χ1v) is 11.2. The molecule has 1 fully saturated rings. The summed E-state index contributed by atoms with van der Waals surface area (Å²) in [5.74, 6) is 0.683. The molecule has 2 aliphatic rings. The van der Waals surface area contributed by atoms with Gasteiger partial charge in [0.25, 0.3) is 0 Å². The molecule has 0 amide bonds. The zero-order valence-electron chi connectivity index (χ0n) is 18.3. The zero-order valence-corrected chi connectivity index (χ0v) is 18.3. The number of nitrogens with zero attached hydrogens (tertiary/aromatic N) is 1. The molecule has 1 saturated carbocycles. The molecule has 0 aromatic heterocycles. The molecule has 32 heavy (non-hydrogen) atoms. The van der Waals surface area contributed by atoms with Crippen LogP contribution in [0.15, 0.2) is 79.4 Å². The van der Waals surface area contributed by atoms with Gasteiger partial charge in [-0.25, -0.2) is 4.79 Å². The van der Waals surface area contributed by atoms with Gasteiger partial charge in [0.05, 0.1) is 0 Å². The van der Waals surface area contributed by atoms with E-state index < -0.39 is 5.97 Å². The molecule has 1 heterocycles. The predicted molar refractivity (Wildman–Crippen MR) is 131 cm³/mol. The maximum absolute atomic E-state index is 11.3. The van der Waals surface area contributed by atoms with Gasteiger partial charge in [-0.05, 0) is 72.9 Å². The topological polar surface area (TPSA) is 29.5 Å². The van der Waals surface area contributed by atoms with Gasteiger partial charge in [0.1, 0.15) is 5.75 Å². The number of rotatable bonds is 5. The Hall–Kier alpha value is -3.59. The SMILES string of the molecule is C=CC(=O)Oc1ccc(C=Cc2ccc3c(c2)C2CCCC2N3c2ccc(C)cc2)cc1. The standard InChI is InChI=1S/C29H27NO2/c1-3-29(31)32-24-16-11-21(12-17-24)9-10-22-13-18-28-26(19-22)25-5-4-6-27(25)30(28)23-14-7-20(2)8-15-23/h3,7-19,25,27H,1,4-6H2,2H3. The number of carbonyl (C=O) groups excluding carboxylic acids is 1. The molecule has 0 N–H and O–H groups in total. The summed E-state index contributed by atoms with van der Waals surface area (Å²) in [5.41, 5.74) is 7.69. The van der Waals surface area contributed by atoms with Crippen LogP contribution in [0.3, 0.4) is 0 Å². The van der Waals surface area contributed by atoms with Crippen molar-refractivity contribution in [2.75, 3.05) is 4.90 Å². The zero-order chi connectivity index (χ0) is 22.1. The van der Waals surface area contributed by atoms with Gasteiger partial charge in [0.2, 0.25) is 0 Å². The highest BCUT2D eigenvalue weighted by molar-refractivity contribution is 5.83. The number of hydrogen-bond acceptors (Lipinski definition) is 3. The Morgan fingerprint density at radius 3 is 2.44 bits per heavy atom. The van der Waals surface area contributed by atoms with Crippen LogP contribution in [0.5, 0.6) is 5.75 Å². The largest absolute Gasteiger partial charge is 0.423 e. The van der Waals surface area contributed by atoms with Crippen molar-refractivity contribution in [1.82, 2.24) is 0 Å². The first kappa shape index (κ1) is 20.3. The Labute approximate surface area is 189 Å². The molecule has 0 saturated heterocycles. The number of esters is 1. The Morgan fingerprint density at radius 1 is 0.969 bits per heavy atom. The number of aryl methyl sites for hydroxylation is 1. The van der Waals surface area contributed by atoms with Crippen LogP contribution >= 0.6 is 0 Å².